The zero-order valence-electron chi connectivity index (χ0n) is 53.4. The fraction of sp³-hybridized carbons (Fsp3) is 0.211. The van der Waals surface area contributed by atoms with Crippen LogP contribution in [0.3, 0.4) is 0 Å². The first-order valence-corrected chi connectivity index (χ1v) is 34.5. The fourth-order valence-corrected chi connectivity index (χ4v) is 7.84. The maximum atomic E-state index is 12.9. The number of hydrazine groups is 2. The molecule has 2 aliphatic rings. The molecule has 0 radical (unpaired) electrons. The minimum Gasteiger partial charge on any atom is -0.222 e. The molecule has 0 aliphatic carbocycles. The van der Waals surface area contributed by atoms with Crippen molar-refractivity contribution in [2.45, 2.75) is 20.8 Å². The quantitative estimate of drug-likeness (QED) is 0.0624. The Hall–Kier alpha value is -6.67. The Morgan fingerprint density at radius 2 is 0.758 bits per heavy atom. The average Bonchev–Trinajstić information content (AvgIpc) is 1.66. The van der Waals surface area contributed by atoms with Gasteiger partial charge in [-0.3, -0.25) is 19.1 Å². The van der Waals surface area contributed by atoms with E-state index in [0.717, 1.165) is 56.9 Å². The molecule has 0 unspecified atom stereocenters. The summed E-state index contributed by atoms with van der Waals surface area (Å²) < 4.78 is 109. The van der Waals surface area contributed by atoms with E-state index in [4.69, 9.17) is 109 Å². The predicted octanol–water partition coefficient (Wildman–Crippen LogP) is -7.85. The maximum absolute atomic E-state index is 12.9. The largest absolute Gasteiger partial charge is 1.00 e. The number of carbonyl (C=O) groups excluding carboxylic acids is 2. The second-order valence-corrected chi connectivity index (χ2v) is 27.3. The van der Waals surface area contributed by atoms with Crippen LogP contribution < -0.4 is 139 Å². The molecule has 2 aliphatic heterocycles. The van der Waals surface area contributed by atoms with Crippen LogP contribution in [-0.4, -0.2) is 110 Å². The van der Waals surface area contributed by atoms with Crippen molar-refractivity contribution in [3.63, 3.8) is 0 Å². The number of hydrogen-bond acceptors (Lipinski definition) is 24. The Labute approximate surface area is 593 Å². The molecule has 7 aromatic rings. The molecule has 95 heavy (non-hydrogen) atoms. The molecule has 6 aromatic carbocycles. The van der Waals surface area contributed by atoms with Crippen LogP contribution in [-0.2, 0) is 27.8 Å². The predicted molar refractivity (Wildman–Crippen MR) is 329 cm³/mol. The molecule has 30 nitrogen and oxygen atoms in total. The van der Waals surface area contributed by atoms with Crippen molar-refractivity contribution in [1.29, 1.82) is 0 Å². The SMILES string of the molecule is CC1=[N+](C)N(c2ccccc2)C(=O)C1=Nc1ccc(N(C)C)cc1N.CC1=[N+](C)N(c2ccccc2)C(=O)C1=Nc1ccc(N(C)C)cc1N.CN(C)c1cccc(N)c1.Cc1c(N)c(=O)n(-c2ccccc2)n1C.[Cl][Fe]([Cl])[Cl].[Na+].[O-][Cl+3]([O-])([O-])[O-].[O-][Cl+3]([O-])([O-])[O-].[O-][Cl+3]([O-])([O-])[O-]. The molecule has 1 aromatic heterocycles. The number of hydrazone groups is 2. The first-order valence-electron chi connectivity index (χ1n) is 26.3. The molecule has 0 saturated carbocycles. The van der Waals surface area contributed by atoms with E-state index in [2.05, 4.69) is 9.98 Å². The summed E-state index contributed by atoms with van der Waals surface area (Å²) >= 11 is -1.33. The van der Waals surface area contributed by atoms with Crippen LogP contribution in [0.1, 0.15) is 19.5 Å². The van der Waals surface area contributed by atoms with Gasteiger partial charge in [-0.05, 0) is 97.9 Å². The molecule has 0 saturated heterocycles. The third-order valence-corrected chi connectivity index (χ3v) is 12.6. The molecule has 9 rings (SSSR count). The van der Waals surface area contributed by atoms with E-state index < -0.39 is 41.9 Å². The third-order valence-electron chi connectivity index (χ3n) is 12.6. The Kier molecular flexibility index (Phi) is 35.9. The Balaban J connectivity index is 0.000000596. The van der Waals surface area contributed by atoms with Crippen LogP contribution in [0.2, 0.25) is 0 Å². The number of nitrogens with zero attached hydrogens (tertiary/aromatic N) is 11. The van der Waals surface area contributed by atoms with Crippen LogP contribution in [0.4, 0.5) is 62.6 Å². The van der Waals surface area contributed by atoms with E-state index in [9.17, 15) is 14.4 Å². The van der Waals surface area contributed by atoms with Crippen LogP contribution in [0.25, 0.3) is 5.69 Å². The maximum Gasteiger partial charge on any atom is 1.00 e. The fourth-order valence-electron chi connectivity index (χ4n) is 7.84. The van der Waals surface area contributed by atoms with E-state index in [1.807, 2.05) is 251 Å². The van der Waals surface area contributed by atoms with Gasteiger partial charge in [-0.25, -0.2) is 70.6 Å². The van der Waals surface area contributed by atoms with E-state index in [1.54, 1.807) is 28.8 Å². The first-order chi connectivity index (χ1) is 43.3. The number of nitrogens with two attached hydrogens (primary N) is 4. The first kappa shape index (κ1) is 86.3. The summed E-state index contributed by atoms with van der Waals surface area (Å²) in [4.78, 5) is 52.7. The van der Waals surface area contributed by atoms with Crippen molar-refractivity contribution >= 4 is 128 Å². The number of amides is 2. The number of nitrogen functional groups attached to an aromatic ring is 4. The molecule has 0 bridgehead atoms. The van der Waals surface area contributed by atoms with Gasteiger partial charge >= 0.3 is 82.8 Å². The Bertz CT molecular complexity index is 3620. The van der Waals surface area contributed by atoms with Crippen molar-refractivity contribution in [3.8, 4) is 5.69 Å². The van der Waals surface area contributed by atoms with Crippen LogP contribution >= 0.6 is 30.3 Å². The Morgan fingerprint density at radius 3 is 1.01 bits per heavy atom. The number of hydrogen-bond donors (Lipinski definition) is 4. The normalized spacial score (nSPS) is 13.5. The van der Waals surface area contributed by atoms with Crippen molar-refractivity contribution in [3.05, 3.63) is 168 Å². The summed E-state index contributed by atoms with van der Waals surface area (Å²) in [6, 6.07) is 47.5. The standard InChI is InChI=1S/2C19H21N5O.C11H13N3O.C8H12N2.3ClHO4.3ClH.Fe.Na/c2*1-13-18(21-17-11-10-15(22(2)3)12-16(17)20)19(25)24(23(13)4)14-8-6-5-7-9-14;1-8-10(12)11(15)14(13(8)2)9-6-4-3-5-7-9;1-10(2)8-5-3-4-7(9)6-8;3*2-1(3,4)5;;;;;/h2*5-12,20H,1-4H3;3-7H,12H2,1-2H3;3-6H,9H2,1-2H3;3*(H,2,3,4,5);3*1H;;/q;;;;;;;;;;+3;+1/p-4. The van der Waals surface area contributed by atoms with Crippen LogP contribution in [0.5, 0.6) is 0 Å². The van der Waals surface area contributed by atoms with E-state index in [0.29, 0.717) is 39.9 Å². The third kappa shape index (κ3) is 30.1. The molecule has 38 heteroatoms. The van der Waals surface area contributed by atoms with Crippen LogP contribution in [0, 0.1) is 37.7 Å². The van der Waals surface area contributed by atoms with Gasteiger partial charge in [0, 0.05) is 85.9 Å². The van der Waals surface area contributed by atoms with Crippen LogP contribution in [0.15, 0.2) is 166 Å². The summed E-state index contributed by atoms with van der Waals surface area (Å²) in [6.07, 6.45) is 0. The zero-order chi connectivity index (χ0) is 71.9. The second-order valence-electron chi connectivity index (χ2n) is 19.6. The van der Waals surface area contributed by atoms with Gasteiger partial charge in [-0.2, -0.15) is 0 Å². The second kappa shape index (κ2) is 39.5. The van der Waals surface area contributed by atoms with Crippen molar-refractivity contribution < 1.29 is 146 Å². The van der Waals surface area contributed by atoms with E-state index in [-0.39, 0.29) is 46.9 Å². The van der Waals surface area contributed by atoms with Gasteiger partial charge in [0.2, 0.25) is 22.8 Å². The topological polar surface area (TPSA) is 489 Å². The summed E-state index contributed by atoms with van der Waals surface area (Å²) in [6.45, 7) is 5.59. The molecule has 0 spiro atoms. The molecular weight excluding hydrogens is 1430 g/mol. The van der Waals surface area contributed by atoms with Crippen molar-refractivity contribution in [1.82, 2.24) is 9.36 Å². The molecule has 0 fully saturated rings. The number of aromatic nitrogens is 2. The number of carbonyl (C=O) groups is 2. The van der Waals surface area contributed by atoms with Gasteiger partial charge in [0.1, 0.15) is 17.1 Å². The number of rotatable bonds is 8. The van der Waals surface area contributed by atoms with E-state index in [1.165, 1.54) is 0 Å². The molecular formula is C57H69Cl6FeN15NaO15. The molecule has 2 amide bonds. The van der Waals surface area contributed by atoms with Gasteiger partial charge in [-0.1, -0.05) is 70.7 Å². The Morgan fingerprint density at radius 1 is 0.463 bits per heavy atom. The average molecular weight is 1500 g/mol. The summed E-state index contributed by atoms with van der Waals surface area (Å²) in [5.41, 5.74) is 35.4. The van der Waals surface area contributed by atoms with Gasteiger partial charge in [0.05, 0.1) is 34.1 Å². The number of anilines is 9. The minimum absolute atomic E-state index is 0. The van der Waals surface area contributed by atoms with Crippen molar-refractivity contribution in [2.75, 3.05) is 104 Å². The smallest absolute Gasteiger partial charge is 0.222 e. The molecule has 3 heterocycles. The van der Waals surface area contributed by atoms with E-state index >= 15 is 0 Å². The van der Waals surface area contributed by atoms with Gasteiger partial charge in [0.15, 0.2) is 14.1 Å². The monoisotopic (exact) mass is 1490 g/mol. The molecule has 8 N–H and O–H groups in total. The molecule has 0 atom stereocenters. The summed E-state index contributed by atoms with van der Waals surface area (Å²) in [5.74, 6) is -0.329. The summed E-state index contributed by atoms with van der Waals surface area (Å²) in [5, 5.41) is 3.22. The van der Waals surface area contributed by atoms with Gasteiger partial charge in [0.25, 0.3) is 5.56 Å². The number of halogens is 6. The van der Waals surface area contributed by atoms with Gasteiger partial charge < -0.3 is 37.6 Å². The minimum atomic E-state index is -4.94. The van der Waals surface area contributed by atoms with Gasteiger partial charge in [-0.15, -0.1) is 40.1 Å². The number of benzene rings is 6. The zero-order valence-corrected chi connectivity index (χ0v) is 61.0. The summed E-state index contributed by atoms with van der Waals surface area (Å²) in [7, 11) is 17.1. The number of aliphatic imine (C=N–C) groups is 2. The number of para-hydroxylation sites is 3. The molecule has 513 valence electrons. The van der Waals surface area contributed by atoms with Crippen molar-refractivity contribution in [2.24, 2.45) is 17.0 Å².